The number of thiocarbonyl (C=S) groups is 1. The molecule has 2 N–H and O–H groups in total. The fraction of sp³-hybridized carbons (Fsp3) is 0.571. The van der Waals surface area contributed by atoms with Crippen LogP contribution in [-0.4, -0.2) is 35.3 Å². The Morgan fingerprint density at radius 1 is 1.52 bits per heavy atom. The fourth-order valence-corrected chi connectivity index (χ4v) is 4.24. The summed E-state index contributed by atoms with van der Waals surface area (Å²) < 4.78 is 27.4. The average Bonchev–Trinajstić information content (AvgIpc) is 3.23. The Morgan fingerprint density at radius 2 is 2.19 bits per heavy atom. The summed E-state index contributed by atoms with van der Waals surface area (Å²) in [5, 5.41) is 0. The number of pyridine rings is 1. The second kappa shape index (κ2) is 6.37. The Morgan fingerprint density at radius 3 is 2.71 bits per heavy atom. The number of nitrogens with zero attached hydrogens (tertiary/aromatic N) is 2. The van der Waals surface area contributed by atoms with Crippen molar-refractivity contribution in [1.29, 1.82) is 0 Å². The minimum Gasteiger partial charge on any atom is -0.388 e. The molecule has 116 valence electrons. The molecule has 0 spiro atoms. The van der Waals surface area contributed by atoms with E-state index in [-0.39, 0.29) is 21.6 Å². The maximum absolute atomic E-state index is 12.9. The number of aromatic nitrogens is 1. The van der Waals surface area contributed by atoms with Gasteiger partial charge in [0.1, 0.15) is 15.6 Å². The minimum atomic E-state index is -3.61. The molecule has 0 aromatic carbocycles. The molecule has 1 heterocycles. The molecule has 0 unspecified atom stereocenters. The van der Waals surface area contributed by atoms with Crippen LogP contribution in [0.15, 0.2) is 23.2 Å². The van der Waals surface area contributed by atoms with Crippen molar-refractivity contribution in [2.45, 2.75) is 44.0 Å². The van der Waals surface area contributed by atoms with Gasteiger partial charge in [0.05, 0.1) is 0 Å². The molecule has 1 aromatic heterocycles. The van der Waals surface area contributed by atoms with Gasteiger partial charge in [0.2, 0.25) is 10.0 Å². The summed E-state index contributed by atoms with van der Waals surface area (Å²) in [6.45, 7) is 4.70. The van der Waals surface area contributed by atoms with Gasteiger partial charge in [0, 0.05) is 18.8 Å². The Kier molecular flexibility index (Phi) is 4.95. The van der Waals surface area contributed by atoms with E-state index in [1.54, 1.807) is 10.4 Å². The van der Waals surface area contributed by atoms with E-state index < -0.39 is 10.0 Å². The molecule has 1 aliphatic rings. The van der Waals surface area contributed by atoms with Crippen LogP contribution in [0, 0.1) is 5.92 Å². The van der Waals surface area contributed by atoms with Crippen LogP contribution in [0.4, 0.5) is 0 Å². The van der Waals surface area contributed by atoms with E-state index in [0.717, 1.165) is 19.3 Å². The predicted octanol–water partition coefficient (Wildman–Crippen LogP) is 1.92. The zero-order valence-corrected chi connectivity index (χ0v) is 14.0. The van der Waals surface area contributed by atoms with Crippen LogP contribution in [-0.2, 0) is 10.0 Å². The second-order valence-corrected chi connectivity index (χ2v) is 8.04. The van der Waals surface area contributed by atoms with Gasteiger partial charge >= 0.3 is 0 Å². The molecule has 0 amide bonds. The average molecular weight is 327 g/mol. The molecule has 0 bridgehead atoms. The van der Waals surface area contributed by atoms with Crippen LogP contribution in [0.2, 0.25) is 0 Å². The largest absolute Gasteiger partial charge is 0.388 e. The Bertz CT molecular complexity index is 625. The van der Waals surface area contributed by atoms with Crippen molar-refractivity contribution < 1.29 is 8.42 Å². The standard InChI is InChI=1S/C14H21N3O2S2/c1-10(2)7-9-17(11-5-6-11)21(18,19)12-4-3-8-16-13(12)14(15)20/h3-4,8,10-11H,5-7,9H2,1-2H3,(H2,15,20). The van der Waals surface area contributed by atoms with E-state index in [2.05, 4.69) is 18.8 Å². The summed E-state index contributed by atoms with van der Waals surface area (Å²) in [7, 11) is -3.61. The lowest BCUT2D eigenvalue weighted by Gasteiger charge is -2.23. The first-order valence-corrected chi connectivity index (χ1v) is 8.95. The van der Waals surface area contributed by atoms with Crippen molar-refractivity contribution >= 4 is 27.2 Å². The third kappa shape index (κ3) is 3.78. The highest BCUT2D eigenvalue weighted by Crippen LogP contribution is 2.33. The van der Waals surface area contributed by atoms with Crippen molar-refractivity contribution in [1.82, 2.24) is 9.29 Å². The number of nitrogens with two attached hydrogens (primary N) is 1. The number of sulfonamides is 1. The molecule has 1 fully saturated rings. The summed E-state index contributed by atoms with van der Waals surface area (Å²) in [6.07, 6.45) is 4.17. The molecular formula is C14H21N3O2S2. The van der Waals surface area contributed by atoms with E-state index in [0.29, 0.717) is 12.5 Å². The van der Waals surface area contributed by atoms with Gasteiger partial charge in [-0.1, -0.05) is 26.1 Å². The van der Waals surface area contributed by atoms with Crippen molar-refractivity contribution in [2.75, 3.05) is 6.54 Å². The molecule has 1 saturated carbocycles. The zero-order chi connectivity index (χ0) is 15.6. The van der Waals surface area contributed by atoms with E-state index in [9.17, 15) is 8.42 Å². The number of hydrogen-bond acceptors (Lipinski definition) is 4. The first-order valence-electron chi connectivity index (χ1n) is 7.10. The Balaban J connectivity index is 2.37. The molecule has 1 aromatic rings. The highest BCUT2D eigenvalue weighted by Gasteiger charge is 2.39. The van der Waals surface area contributed by atoms with Gasteiger partial charge in [-0.2, -0.15) is 4.31 Å². The Hall–Kier alpha value is -1.05. The van der Waals surface area contributed by atoms with Gasteiger partial charge in [-0.25, -0.2) is 8.42 Å². The molecule has 0 saturated heterocycles. The van der Waals surface area contributed by atoms with E-state index >= 15 is 0 Å². The normalized spacial score (nSPS) is 15.6. The predicted molar refractivity (Wildman–Crippen MR) is 86.5 cm³/mol. The molecule has 0 aliphatic heterocycles. The highest BCUT2D eigenvalue weighted by molar-refractivity contribution is 7.89. The van der Waals surface area contributed by atoms with Crippen LogP contribution in [0.3, 0.4) is 0 Å². The summed E-state index contributed by atoms with van der Waals surface area (Å²) in [5.41, 5.74) is 5.79. The molecule has 5 nitrogen and oxygen atoms in total. The summed E-state index contributed by atoms with van der Waals surface area (Å²) in [5.74, 6) is 0.449. The first-order chi connectivity index (χ1) is 9.84. The fourth-order valence-electron chi connectivity index (χ4n) is 2.16. The van der Waals surface area contributed by atoms with Crippen molar-refractivity contribution in [3.05, 3.63) is 24.0 Å². The lowest BCUT2D eigenvalue weighted by Crippen LogP contribution is -2.36. The monoisotopic (exact) mass is 327 g/mol. The minimum absolute atomic E-state index is 0.00813. The van der Waals surface area contributed by atoms with Gasteiger partial charge in [0.15, 0.2) is 0 Å². The van der Waals surface area contributed by atoms with Gasteiger partial charge in [0.25, 0.3) is 0 Å². The number of rotatable bonds is 7. The van der Waals surface area contributed by atoms with Crippen LogP contribution in [0.1, 0.15) is 38.8 Å². The van der Waals surface area contributed by atoms with Gasteiger partial charge in [-0.15, -0.1) is 0 Å². The van der Waals surface area contributed by atoms with E-state index in [1.807, 2.05) is 0 Å². The summed E-state index contributed by atoms with van der Waals surface area (Å²) in [4.78, 5) is 4.16. The smallest absolute Gasteiger partial charge is 0.245 e. The van der Waals surface area contributed by atoms with Gasteiger partial charge in [-0.3, -0.25) is 4.98 Å². The van der Waals surface area contributed by atoms with Crippen LogP contribution >= 0.6 is 12.2 Å². The lowest BCUT2D eigenvalue weighted by molar-refractivity contribution is 0.373. The summed E-state index contributed by atoms with van der Waals surface area (Å²) in [6, 6.07) is 3.23. The van der Waals surface area contributed by atoms with Crippen LogP contribution < -0.4 is 5.73 Å². The third-order valence-corrected chi connectivity index (χ3v) is 5.65. The van der Waals surface area contributed by atoms with Crippen molar-refractivity contribution in [3.63, 3.8) is 0 Å². The topological polar surface area (TPSA) is 76.3 Å². The maximum atomic E-state index is 12.9. The van der Waals surface area contributed by atoms with Gasteiger partial charge in [-0.05, 0) is 37.3 Å². The van der Waals surface area contributed by atoms with Crippen molar-refractivity contribution in [2.24, 2.45) is 11.7 Å². The SMILES string of the molecule is CC(C)CCN(C1CC1)S(=O)(=O)c1cccnc1C(N)=S. The second-order valence-electron chi connectivity index (χ2n) is 5.74. The molecule has 21 heavy (non-hydrogen) atoms. The van der Waals surface area contributed by atoms with E-state index in [1.165, 1.54) is 12.3 Å². The molecular weight excluding hydrogens is 306 g/mol. The van der Waals surface area contributed by atoms with Gasteiger partial charge < -0.3 is 5.73 Å². The van der Waals surface area contributed by atoms with E-state index in [4.69, 9.17) is 18.0 Å². The third-order valence-electron chi connectivity index (χ3n) is 3.47. The first kappa shape index (κ1) is 16.3. The molecule has 1 aliphatic carbocycles. The molecule has 0 atom stereocenters. The lowest BCUT2D eigenvalue weighted by atomic mass is 10.1. The zero-order valence-electron chi connectivity index (χ0n) is 12.3. The summed E-state index contributed by atoms with van der Waals surface area (Å²) >= 11 is 4.92. The maximum Gasteiger partial charge on any atom is 0.245 e. The molecule has 0 radical (unpaired) electrons. The molecule has 7 heteroatoms. The highest BCUT2D eigenvalue weighted by atomic mass is 32.2. The van der Waals surface area contributed by atoms with Crippen molar-refractivity contribution in [3.8, 4) is 0 Å². The van der Waals surface area contributed by atoms with Crippen LogP contribution in [0.5, 0.6) is 0 Å². The quantitative estimate of drug-likeness (QED) is 0.774. The number of hydrogen-bond donors (Lipinski definition) is 1. The Labute approximate surface area is 131 Å². The molecule has 2 rings (SSSR count). The van der Waals surface area contributed by atoms with Crippen LogP contribution in [0.25, 0.3) is 0 Å².